The van der Waals surface area contributed by atoms with Gasteiger partial charge in [-0.15, -0.1) is 0 Å². The normalized spacial score (nSPS) is 16.3. The molecule has 2 atom stereocenters. The summed E-state index contributed by atoms with van der Waals surface area (Å²) in [7, 11) is 0. The summed E-state index contributed by atoms with van der Waals surface area (Å²) < 4.78 is 18.0. The Morgan fingerprint density at radius 1 is 1.06 bits per heavy atom. The molecule has 1 fully saturated rings. The van der Waals surface area contributed by atoms with Crippen molar-refractivity contribution in [3.05, 3.63) is 94.0 Å². The molecule has 3 aromatic carbocycles. The van der Waals surface area contributed by atoms with Crippen LogP contribution in [0.1, 0.15) is 75.3 Å². The van der Waals surface area contributed by atoms with Crippen molar-refractivity contribution in [2.75, 3.05) is 6.61 Å². The fraction of sp³-hybridized carbons (Fsp3) is 0.310. The standard InChI is InChI=1S/C29H30O7/c1-18-25(14-13-24(19(2)30)27(18)31)35-17-20-9-11-21(12-10-20)28(36-26-8-3-4-15-34-26)22-6-5-7-23(16-22)29(32)33/h5-7,9-14,16,26,28,31H,3-4,8,15,17H2,1-2H3,(H,32,33). The fourth-order valence-electron chi connectivity index (χ4n) is 4.23. The summed E-state index contributed by atoms with van der Waals surface area (Å²) in [4.78, 5) is 23.1. The maximum atomic E-state index is 11.6. The van der Waals surface area contributed by atoms with Crippen LogP contribution in [0.4, 0.5) is 0 Å². The van der Waals surface area contributed by atoms with E-state index < -0.39 is 12.1 Å². The van der Waals surface area contributed by atoms with Crippen molar-refractivity contribution in [2.45, 2.75) is 52.1 Å². The van der Waals surface area contributed by atoms with E-state index in [9.17, 15) is 19.8 Å². The molecule has 7 nitrogen and oxygen atoms in total. The number of benzene rings is 3. The molecule has 4 rings (SSSR count). The zero-order valence-corrected chi connectivity index (χ0v) is 20.4. The van der Waals surface area contributed by atoms with Gasteiger partial charge in [-0.2, -0.15) is 0 Å². The SMILES string of the molecule is CC(=O)c1ccc(OCc2ccc(C(OC3CCCCO3)c3cccc(C(=O)O)c3)cc2)c(C)c1O. The molecule has 0 aliphatic carbocycles. The lowest BCUT2D eigenvalue weighted by Crippen LogP contribution is -2.25. The van der Waals surface area contributed by atoms with Gasteiger partial charge in [-0.3, -0.25) is 4.79 Å². The Labute approximate surface area is 210 Å². The van der Waals surface area contributed by atoms with Crippen LogP contribution in [0.3, 0.4) is 0 Å². The molecule has 1 saturated heterocycles. The van der Waals surface area contributed by atoms with Crippen LogP contribution in [0.2, 0.25) is 0 Å². The van der Waals surface area contributed by atoms with Gasteiger partial charge in [0.1, 0.15) is 24.2 Å². The minimum Gasteiger partial charge on any atom is -0.507 e. The van der Waals surface area contributed by atoms with E-state index in [0.717, 1.165) is 36.0 Å². The van der Waals surface area contributed by atoms with Gasteiger partial charge in [0.25, 0.3) is 0 Å². The lowest BCUT2D eigenvalue weighted by Gasteiger charge is -2.28. The number of hydrogen-bond acceptors (Lipinski definition) is 6. The highest BCUT2D eigenvalue weighted by Crippen LogP contribution is 2.33. The van der Waals surface area contributed by atoms with E-state index in [1.54, 1.807) is 37.3 Å². The van der Waals surface area contributed by atoms with E-state index >= 15 is 0 Å². The zero-order valence-electron chi connectivity index (χ0n) is 20.4. The number of carboxylic acid groups (broad SMARTS) is 1. The van der Waals surface area contributed by atoms with Gasteiger partial charge in [-0.25, -0.2) is 4.79 Å². The van der Waals surface area contributed by atoms with Crippen molar-refractivity contribution in [3.63, 3.8) is 0 Å². The van der Waals surface area contributed by atoms with Crippen LogP contribution in [0.5, 0.6) is 11.5 Å². The Morgan fingerprint density at radius 2 is 1.83 bits per heavy atom. The molecule has 0 radical (unpaired) electrons. The summed E-state index contributed by atoms with van der Waals surface area (Å²) in [5.41, 5.74) is 3.49. The first-order valence-corrected chi connectivity index (χ1v) is 12.0. The largest absolute Gasteiger partial charge is 0.507 e. The van der Waals surface area contributed by atoms with Crippen LogP contribution in [0.15, 0.2) is 60.7 Å². The molecule has 0 saturated carbocycles. The van der Waals surface area contributed by atoms with Crippen LogP contribution < -0.4 is 4.74 Å². The zero-order chi connectivity index (χ0) is 25.7. The Balaban J connectivity index is 1.53. The Kier molecular flexibility index (Phi) is 8.03. The molecule has 2 N–H and O–H groups in total. The second-order valence-corrected chi connectivity index (χ2v) is 8.91. The molecule has 1 heterocycles. The van der Waals surface area contributed by atoms with Gasteiger partial charge >= 0.3 is 5.97 Å². The average molecular weight is 491 g/mol. The van der Waals surface area contributed by atoms with Crippen LogP contribution >= 0.6 is 0 Å². The molecule has 2 unspecified atom stereocenters. The van der Waals surface area contributed by atoms with E-state index in [2.05, 4.69) is 0 Å². The van der Waals surface area contributed by atoms with Gasteiger partial charge in [0.2, 0.25) is 0 Å². The Bertz CT molecular complexity index is 1230. The lowest BCUT2D eigenvalue weighted by molar-refractivity contribution is -0.181. The Hall–Kier alpha value is -3.68. The predicted molar refractivity (Wildman–Crippen MR) is 134 cm³/mol. The first kappa shape index (κ1) is 25.4. The predicted octanol–water partition coefficient (Wildman–Crippen LogP) is 5.81. The summed E-state index contributed by atoms with van der Waals surface area (Å²) in [6, 6.07) is 17.7. The molecule has 0 amide bonds. The van der Waals surface area contributed by atoms with Crippen molar-refractivity contribution in [2.24, 2.45) is 0 Å². The van der Waals surface area contributed by atoms with Gasteiger partial charge in [0.05, 0.1) is 11.1 Å². The highest BCUT2D eigenvalue weighted by atomic mass is 16.7. The number of ether oxygens (including phenoxy) is 3. The summed E-state index contributed by atoms with van der Waals surface area (Å²) in [6.07, 6.45) is 1.97. The van der Waals surface area contributed by atoms with Crippen LogP contribution in [0, 0.1) is 6.92 Å². The molecular formula is C29H30O7. The first-order valence-electron chi connectivity index (χ1n) is 12.0. The summed E-state index contributed by atoms with van der Waals surface area (Å²) >= 11 is 0. The quantitative estimate of drug-likeness (QED) is 0.365. The number of aromatic hydroxyl groups is 1. The van der Waals surface area contributed by atoms with Crippen LogP contribution in [-0.2, 0) is 16.1 Å². The molecule has 0 aromatic heterocycles. The van der Waals surface area contributed by atoms with E-state index in [4.69, 9.17) is 14.2 Å². The van der Waals surface area contributed by atoms with Crippen LogP contribution in [-0.4, -0.2) is 34.9 Å². The molecular weight excluding hydrogens is 460 g/mol. The van der Waals surface area contributed by atoms with E-state index in [1.807, 2.05) is 30.3 Å². The van der Waals surface area contributed by atoms with Crippen molar-refractivity contribution >= 4 is 11.8 Å². The molecule has 188 valence electrons. The third kappa shape index (κ3) is 5.93. The van der Waals surface area contributed by atoms with Crippen molar-refractivity contribution in [1.82, 2.24) is 0 Å². The maximum Gasteiger partial charge on any atom is 0.335 e. The highest BCUT2D eigenvalue weighted by Gasteiger charge is 2.23. The van der Waals surface area contributed by atoms with E-state index in [-0.39, 0.29) is 35.6 Å². The smallest absolute Gasteiger partial charge is 0.335 e. The molecule has 36 heavy (non-hydrogen) atoms. The van der Waals surface area contributed by atoms with Gasteiger partial charge < -0.3 is 24.4 Å². The summed E-state index contributed by atoms with van der Waals surface area (Å²) in [6.45, 7) is 4.03. The minimum atomic E-state index is -0.991. The second kappa shape index (κ2) is 11.4. The minimum absolute atomic E-state index is 0.0659. The van der Waals surface area contributed by atoms with Crippen molar-refractivity contribution in [3.8, 4) is 11.5 Å². The summed E-state index contributed by atoms with van der Waals surface area (Å²) in [5, 5.41) is 19.7. The van der Waals surface area contributed by atoms with Crippen LogP contribution in [0.25, 0.3) is 0 Å². The number of carboxylic acids is 1. The van der Waals surface area contributed by atoms with Crippen molar-refractivity contribution in [1.29, 1.82) is 0 Å². The fourth-order valence-corrected chi connectivity index (χ4v) is 4.23. The number of carbonyl (C=O) groups is 2. The third-order valence-electron chi connectivity index (χ3n) is 6.30. The maximum absolute atomic E-state index is 11.6. The monoisotopic (exact) mass is 490 g/mol. The van der Waals surface area contributed by atoms with Crippen molar-refractivity contribution < 1.29 is 34.0 Å². The molecule has 0 spiro atoms. The number of phenols is 1. The molecule has 0 bridgehead atoms. The number of aromatic carboxylic acids is 1. The van der Waals surface area contributed by atoms with E-state index in [0.29, 0.717) is 17.9 Å². The lowest BCUT2D eigenvalue weighted by atomic mass is 9.98. The average Bonchev–Trinajstić information content (AvgIpc) is 2.89. The number of phenolic OH excluding ortho intramolecular Hbond substituents is 1. The Morgan fingerprint density at radius 3 is 2.50 bits per heavy atom. The van der Waals surface area contributed by atoms with E-state index in [1.165, 1.54) is 6.92 Å². The number of Topliss-reactive ketones (excluding diaryl/α,β-unsaturated/α-hetero) is 1. The number of hydrogen-bond donors (Lipinski definition) is 2. The van der Waals surface area contributed by atoms with Gasteiger partial charge in [0.15, 0.2) is 12.1 Å². The van der Waals surface area contributed by atoms with Gasteiger partial charge in [-0.05, 0) is 74.1 Å². The number of carbonyl (C=O) groups excluding carboxylic acids is 1. The molecule has 7 heteroatoms. The highest BCUT2D eigenvalue weighted by molar-refractivity contribution is 5.97. The van der Waals surface area contributed by atoms with Gasteiger partial charge in [-0.1, -0.05) is 36.4 Å². The molecule has 3 aromatic rings. The number of rotatable bonds is 9. The summed E-state index contributed by atoms with van der Waals surface area (Å²) in [5.74, 6) is -0.761. The second-order valence-electron chi connectivity index (χ2n) is 8.91. The third-order valence-corrected chi connectivity index (χ3v) is 6.30. The van der Waals surface area contributed by atoms with Gasteiger partial charge in [0, 0.05) is 12.2 Å². The molecule has 1 aliphatic rings. The topological polar surface area (TPSA) is 102 Å². The number of ketones is 1. The first-order chi connectivity index (χ1) is 17.3. The molecule has 1 aliphatic heterocycles.